The van der Waals surface area contributed by atoms with Crippen molar-refractivity contribution in [2.24, 2.45) is 0 Å². The predicted octanol–water partition coefficient (Wildman–Crippen LogP) is 5.50. The molecular weight excluding hydrogens is 362 g/mol. The molecule has 132 valence electrons. The number of carbonyl (C=O) groups excluding carboxylic acids is 2. The number of amides is 1. The quantitative estimate of drug-likeness (QED) is 0.453. The standard InChI is InChI=1S/C21H19NO2S2/c1-14(23)22-19-10-8-17(12-21(19)25-2)20(24)13-26-18-9-7-15-5-3-4-6-16(15)11-18/h3-12H,13H2,1-2H3,(H,22,23). The van der Waals surface area contributed by atoms with Gasteiger partial charge in [-0.2, -0.15) is 0 Å². The van der Waals surface area contributed by atoms with Gasteiger partial charge in [0, 0.05) is 22.3 Å². The summed E-state index contributed by atoms with van der Waals surface area (Å²) >= 11 is 3.05. The van der Waals surface area contributed by atoms with Gasteiger partial charge in [0.1, 0.15) is 0 Å². The third kappa shape index (κ3) is 4.48. The molecule has 5 heteroatoms. The van der Waals surface area contributed by atoms with Gasteiger partial charge in [-0.05, 0) is 47.4 Å². The maximum absolute atomic E-state index is 12.6. The van der Waals surface area contributed by atoms with Crippen molar-refractivity contribution >= 4 is 51.7 Å². The van der Waals surface area contributed by atoms with Crippen molar-refractivity contribution in [3.8, 4) is 0 Å². The van der Waals surface area contributed by atoms with Crippen molar-refractivity contribution in [2.45, 2.75) is 16.7 Å². The molecule has 0 aliphatic heterocycles. The first-order chi connectivity index (χ1) is 12.6. The number of carbonyl (C=O) groups is 2. The molecule has 26 heavy (non-hydrogen) atoms. The fourth-order valence-electron chi connectivity index (χ4n) is 2.65. The summed E-state index contributed by atoms with van der Waals surface area (Å²) in [6.07, 6.45) is 1.93. The third-order valence-electron chi connectivity index (χ3n) is 3.93. The molecule has 1 amide bonds. The van der Waals surface area contributed by atoms with E-state index in [-0.39, 0.29) is 11.7 Å². The number of benzene rings is 3. The van der Waals surface area contributed by atoms with E-state index in [2.05, 4.69) is 29.6 Å². The van der Waals surface area contributed by atoms with Crippen LogP contribution in [-0.4, -0.2) is 23.7 Å². The van der Waals surface area contributed by atoms with Crippen LogP contribution in [0.1, 0.15) is 17.3 Å². The molecule has 0 radical (unpaired) electrons. The molecule has 0 saturated heterocycles. The molecular formula is C21H19NO2S2. The minimum absolute atomic E-state index is 0.0767. The van der Waals surface area contributed by atoms with E-state index in [1.54, 1.807) is 23.9 Å². The average Bonchev–Trinajstić information content (AvgIpc) is 2.65. The number of ketones is 1. The van der Waals surface area contributed by atoms with Crippen LogP contribution in [0.4, 0.5) is 5.69 Å². The minimum atomic E-state index is -0.119. The Morgan fingerprint density at radius 2 is 1.73 bits per heavy atom. The van der Waals surface area contributed by atoms with Crippen LogP contribution >= 0.6 is 23.5 Å². The van der Waals surface area contributed by atoms with E-state index in [0.717, 1.165) is 15.5 Å². The van der Waals surface area contributed by atoms with Gasteiger partial charge in [-0.25, -0.2) is 0 Å². The molecule has 0 saturated carbocycles. The largest absolute Gasteiger partial charge is 0.325 e. The topological polar surface area (TPSA) is 46.2 Å². The summed E-state index contributed by atoms with van der Waals surface area (Å²) < 4.78 is 0. The van der Waals surface area contributed by atoms with Crippen LogP contribution < -0.4 is 5.32 Å². The normalized spacial score (nSPS) is 10.7. The van der Waals surface area contributed by atoms with Gasteiger partial charge < -0.3 is 5.32 Å². The zero-order chi connectivity index (χ0) is 18.5. The lowest BCUT2D eigenvalue weighted by Gasteiger charge is -2.10. The van der Waals surface area contributed by atoms with Crippen LogP contribution in [0.3, 0.4) is 0 Å². The summed E-state index contributed by atoms with van der Waals surface area (Å²) in [5, 5.41) is 5.16. The Morgan fingerprint density at radius 1 is 0.962 bits per heavy atom. The molecule has 0 fully saturated rings. The van der Waals surface area contributed by atoms with Crippen LogP contribution in [0.5, 0.6) is 0 Å². The van der Waals surface area contributed by atoms with Gasteiger partial charge in [0.05, 0.1) is 11.4 Å². The number of Topliss-reactive ketones (excluding diaryl/α,β-unsaturated/α-hetero) is 1. The van der Waals surface area contributed by atoms with Gasteiger partial charge in [0.15, 0.2) is 5.78 Å². The Labute approximate surface area is 161 Å². The molecule has 0 aliphatic rings. The van der Waals surface area contributed by atoms with Gasteiger partial charge in [0.25, 0.3) is 0 Å². The van der Waals surface area contributed by atoms with Crippen molar-refractivity contribution in [1.82, 2.24) is 0 Å². The first-order valence-electron chi connectivity index (χ1n) is 8.17. The number of rotatable bonds is 6. The molecule has 0 atom stereocenters. The summed E-state index contributed by atoms with van der Waals surface area (Å²) in [5.74, 6) is 0.338. The first kappa shape index (κ1) is 18.5. The second kappa shape index (κ2) is 8.43. The minimum Gasteiger partial charge on any atom is -0.325 e. The van der Waals surface area contributed by atoms with Gasteiger partial charge >= 0.3 is 0 Å². The second-order valence-corrected chi connectivity index (χ2v) is 7.71. The highest BCUT2D eigenvalue weighted by atomic mass is 32.2. The Hall–Kier alpha value is -2.24. The summed E-state index contributed by atoms with van der Waals surface area (Å²) in [7, 11) is 0. The Bertz CT molecular complexity index is 969. The number of fused-ring (bicyclic) bond motifs is 1. The summed E-state index contributed by atoms with van der Waals surface area (Å²) in [6, 6.07) is 19.8. The molecule has 0 spiro atoms. The van der Waals surface area contributed by atoms with Crippen LogP contribution in [0.15, 0.2) is 70.5 Å². The lowest BCUT2D eigenvalue weighted by Crippen LogP contribution is -2.08. The van der Waals surface area contributed by atoms with Crippen molar-refractivity contribution < 1.29 is 9.59 Å². The highest BCUT2D eigenvalue weighted by Crippen LogP contribution is 2.28. The van der Waals surface area contributed by atoms with Gasteiger partial charge in [-0.15, -0.1) is 23.5 Å². The smallest absolute Gasteiger partial charge is 0.221 e. The molecule has 3 aromatic carbocycles. The van der Waals surface area contributed by atoms with Crippen LogP contribution in [0.25, 0.3) is 10.8 Å². The molecule has 0 aliphatic carbocycles. The zero-order valence-corrected chi connectivity index (χ0v) is 16.2. The number of thioether (sulfide) groups is 2. The van der Waals surface area contributed by atoms with Crippen molar-refractivity contribution in [1.29, 1.82) is 0 Å². The number of hydrogen-bond donors (Lipinski definition) is 1. The van der Waals surface area contributed by atoms with E-state index in [4.69, 9.17) is 0 Å². The van der Waals surface area contributed by atoms with Crippen LogP contribution in [-0.2, 0) is 4.79 Å². The summed E-state index contributed by atoms with van der Waals surface area (Å²) in [4.78, 5) is 25.8. The van der Waals surface area contributed by atoms with Crippen LogP contribution in [0, 0.1) is 0 Å². The van der Waals surface area contributed by atoms with E-state index >= 15 is 0 Å². The van der Waals surface area contributed by atoms with Crippen molar-refractivity contribution in [2.75, 3.05) is 17.3 Å². The molecule has 0 aromatic heterocycles. The molecule has 0 heterocycles. The summed E-state index contributed by atoms with van der Waals surface area (Å²) in [6.45, 7) is 1.48. The van der Waals surface area contributed by atoms with Crippen molar-refractivity contribution in [3.63, 3.8) is 0 Å². The molecule has 1 N–H and O–H groups in total. The summed E-state index contributed by atoms with van der Waals surface area (Å²) in [5.41, 5.74) is 1.40. The maximum atomic E-state index is 12.6. The highest BCUT2D eigenvalue weighted by Gasteiger charge is 2.11. The number of anilines is 1. The third-order valence-corrected chi connectivity index (χ3v) is 5.70. The van der Waals surface area contributed by atoms with Gasteiger partial charge in [-0.3, -0.25) is 9.59 Å². The fourth-order valence-corrected chi connectivity index (χ4v) is 4.07. The van der Waals surface area contributed by atoms with E-state index in [0.29, 0.717) is 11.3 Å². The van der Waals surface area contributed by atoms with E-state index in [1.807, 2.05) is 30.5 Å². The lowest BCUT2D eigenvalue weighted by molar-refractivity contribution is -0.114. The maximum Gasteiger partial charge on any atom is 0.221 e. The fraction of sp³-hybridized carbons (Fsp3) is 0.143. The Kier molecular flexibility index (Phi) is 6.01. The number of nitrogens with one attached hydrogen (secondary N) is 1. The Balaban J connectivity index is 1.71. The molecule has 0 unspecified atom stereocenters. The van der Waals surface area contributed by atoms with Gasteiger partial charge in [-0.1, -0.05) is 30.3 Å². The second-order valence-electron chi connectivity index (χ2n) is 5.82. The van der Waals surface area contributed by atoms with E-state index in [1.165, 1.54) is 29.5 Å². The monoisotopic (exact) mass is 381 g/mol. The van der Waals surface area contributed by atoms with E-state index < -0.39 is 0 Å². The average molecular weight is 382 g/mol. The first-order valence-corrected chi connectivity index (χ1v) is 10.4. The zero-order valence-electron chi connectivity index (χ0n) is 14.6. The SMILES string of the molecule is CSc1cc(C(=O)CSc2ccc3ccccc3c2)ccc1NC(C)=O. The molecule has 3 aromatic rings. The molecule has 0 bridgehead atoms. The Morgan fingerprint density at radius 3 is 2.46 bits per heavy atom. The predicted molar refractivity (Wildman–Crippen MR) is 112 cm³/mol. The van der Waals surface area contributed by atoms with Gasteiger partial charge in [0.2, 0.25) is 5.91 Å². The number of hydrogen-bond acceptors (Lipinski definition) is 4. The molecule has 3 rings (SSSR count). The highest BCUT2D eigenvalue weighted by molar-refractivity contribution is 8.00. The van der Waals surface area contributed by atoms with Crippen molar-refractivity contribution in [3.05, 3.63) is 66.2 Å². The lowest BCUT2D eigenvalue weighted by atomic mass is 10.1. The molecule has 3 nitrogen and oxygen atoms in total. The van der Waals surface area contributed by atoms with E-state index in [9.17, 15) is 9.59 Å². The van der Waals surface area contributed by atoms with Crippen LogP contribution in [0.2, 0.25) is 0 Å².